The van der Waals surface area contributed by atoms with Crippen molar-refractivity contribution >= 4 is 32.7 Å². The fourth-order valence-electron chi connectivity index (χ4n) is 7.58. The lowest BCUT2D eigenvalue weighted by atomic mass is 9.72. The van der Waals surface area contributed by atoms with E-state index in [0.29, 0.717) is 22.3 Å². The van der Waals surface area contributed by atoms with Crippen molar-refractivity contribution in [3.8, 4) is 11.5 Å². The third-order valence-corrected chi connectivity index (χ3v) is 17.1. The highest BCUT2D eigenvalue weighted by molar-refractivity contribution is 8.17. The molecule has 4 unspecified atom stereocenters. The first-order valence-electron chi connectivity index (χ1n) is 20.0. The number of ether oxygens (including phenoxy) is 2. The van der Waals surface area contributed by atoms with Crippen LogP contribution in [0.15, 0.2) is 24.3 Å². The molecule has 4 rings (SSSR count). The van der Waals surface area contributed by atoms with Gasteiger partial charge in [0.2, 0.25) is 5.79 Å². The summed E-state index contributed by atoms with van der Waals surface area (Å²) in [5.74, 6) is 14.0. The Morgan fingerprint density at radius 1 is 0.588 bits per heavy atom. The Labute approximate surface area is 320 Å². The molecular weight excluding hydrogens is 661 g/mol. The van der Waals surface area contributed by atoms with Gasteiger partial charge < -0.3 is 9.47 Å². The summed E-state index contributed by atoms with van der Waals surface area (Å²) in [5.41, 5.74) is 7.74. The average molecular weight is 737 g/mol. The maximum absolute atomic E-state index is 7.41. The molecule has 2 aromatic carbocycles. The highest BCUT2D eigenvalue weighted by atomic mass is 32.2. The van der Waals surface area contributed by atoms with Crippen LogP contribution in [0.4, 0.5) is 0 Å². The first-order chi connectivity index (χ1) is 23.3. The molecule has 2 aliphatic rings. The molecular formula is C47H76O2S2. The summed E-state index contributed by atoms with van der Waals surface area (Å²) in [4.78, 5) is 0. The van der Waals surface area contributed by atoms with Gasteiger partial charge >= 0.3 is 0 Å². The van der Waals surface area contributed by atoms with E-state index in [0.717, 1.165) is 23.0 Å². The predicted octanol–water partition coefficient (Wildman–Crippen LogP) is 13.8. The minimum absolute atomic E-state index is 0.00736. The molecule has 1 saturated carbocycles. The molecule has 0 saturated heterocycles. The Morgan fingerprint density at radius 3 is 1.22 bits per heavy atom. The molecule has 1 aliphatic heterocycles. The van der Waals surface area contributed by atoms with E-state index >= 15 is 0 Å². The molecule has 1 aliphatic carbocycles. The van der Waals surface area contributed by atoms with E-state index in [-0.39, 0.29) is 42.6 Å². The van der Waals surface area contributed by atoms with Gasteiger partial charge in [0, 0.05) is 58.1 Å². The molecule has 2 nitrogen and oxygen atoms in total. The van der Waals surface area contributed by atoms with E-state index in [4.69, 9.17) is 21.2 Å². The number of hydrogen-bond acceptors (Lipinski definition) is 2. The molecule has 4 heteroatoms. The SMILES string of the molecule is C=S1Cc2cc(C(C)(C)C)cc(C(C)(C)C(C)C)c2OC(C)(C)Oc2c(cc(C(C)(C)C)cc2C(C)(C)C(C)C)CS(=C)C2CCCCCCC21. The summed E-state index contributed by atoms with van der Waals surface area (Å²) in [6.07, 6.45) is 7.75. The summed E-state index contributed by atoms with van der Waals surface area (Å²) in [6, 6.07) is 9.85. The molecule has 2 aromatic rings. The number of fused-ring (bicyclic) bond motifs is 3. The van der Waals surface area contributed by atoms with E-state index in [1.807, 2.05) is 0 Å². The van der Waals surface area contributed by atoms with Gasteiger partial charge in [0.25, 0.3) is 0 Å². The highest BCUT2D eigenvalue weighted by Crippen LogP contribution is 2.51. The van der Waals surface area contributed by atoms with Gasteiger partial charge in [0.1, 0.15) is 11.5 Å². The van der Waals surface area contributed by atoms with Crippen LogP contribution in [0, 0.1) is 11.8 Å². The van der Waals surface area contributed by atoms with Gasteiger partial charge in [-0.15, -0.1) is 0 Å². The molecule has 0 spiro atoms. The normalized spacial score (nSPS) is 24.0. The zero-order chi connectivity index (χ0) is 38.5. The third-order valence-electron chi connectivity index (χ3n) is 12.7. The lowest BCUT2D eigenvalue weighted by Gasteiger charge is -2.39. The molecule has 0 radical (unpaired) electrons. The summed E-state index contributed by atoms with van der Waals surface area (Å²) >= 11 is 0. The third kappa shape index (κ3) is 9.41. The Morgan fingerprint density at radius 2 is 0.922 bits per heavy atom. The Balaban J connectivity index is 2.12. The van der Waals surface area contributed by atoms with Crippen LogP contribution in [0.25, 0.3) is 0 Å². The summed E-state index contributed by atoms with van der Waals surface area (Å²) in [7, 11) is -0.169. The Bertz CT molecular complexity index is 1470. The van der Waals surface area contributed by atoms with Gasteiger partial charge in [-0.1, -0.05) is 159 Å². The van der Waals surface area contributed by atoms with Crippen molar-refractivity contribution in [2.24, 2.45) is 11.8 Å². The van der Waals surface area contributed by atoms with Crippen molar-refractivity contribution in [3.05, 3.63) is 57.6 Å². The predicted molar refractivity (Wildman–Crippen MR) is 233 cm³/mol. The van der Waals surface area contributed by atoms with Crippen LogP contribution in [0.5, 0.6) is 11.5 Å². The first kappa shape index (κ1) is 42.2. The van der Waals surface area contributed by atoms with E-state index in [1.54, 1.807) is 0 Å². The quantitative estimate of drug-likeness (QED) is 0.291. The van der Waals surface area contributed by atoms with Gasteiger partial charge in [-0.2, -0.15) is 21.0 Å². The maximum atomic E-state index is 7.41. The monoisotopic (exact) mass is 737 g/mol. The lowest BCUT2D eigenvalue weighted by molar-refractivity contribution is -0.0841. The fourth-order valence-corrected chi connectivity index (χ4v) is 12.3. The Kier molecular flexibility index (Phi) is 12.7. The van der Waals surface area contributed by atoms with Gasteiger partial charge in [0.15, 0.2) is 0 Å². The number of hydrogen-bond donors (Lipinski definition) is 0. The van der Waals surface area contributed by atoms with Crippen LogP contribution in [-0.2, 0) is 33.2 Å². The number of rotatable bonds is 4. The van der Waals surface area contributed by atoms with Gasteiger partial charge in [-0.05, 0) is 57.5 Å². The van der Waals surface area contributed by atoms with Crippen LogP contribution in [0.1, 0.15) is 183 Å². The van der Waals surface area contributed by atoms with Crippen LogP contribution >= 0.6 is 21.0 Å². The summed E-state index contributed by atoms with van der Waals surface area (Å²) in [6.45, 7) is 37.3. The molecule has 0 bridgehead atoms. The van der Waals surface area contributed by atoms with Crippen molar-refractivity contribution in [2.75, 3.05) is 0 Å². The Hall–Kier alpha value is -1.52. The highest BCUT2D eigenvalue weighted by Gasteiger charge is 2.39. The van der Waals surface area contributed by atoms with Crippen LogP contribution in [0.3, 0.4) is 0 Å². The fraction of sp³-hybridized carbons (Fsp3) is 0.702. The summed E-state index contributed by atoms with van der Waals surface area (Å²) in [5, 5.41) is 1.10. The van der Waals surface area contributed by atoms with Crippen molar-refractivity contribution in [3.63, 3.8) is 0 Å². The molecule has 0 N–H and O–H groups in total. The van der Waals surface area contributed by atoms with E-state index in [9.17, 15) is 0 Å². The van der Waals surface area contributed by atoms with Crippen molar-refractivity contribution in [1.82, 2.24) is 0 Å². The van der Waals surface area contributed by atoms with E-state index in [2.05, 4.69) is 135 Å². The molecule has 51 heavy (non-hydrogen) atoms. The minimum Gasteiger partial charge on any atom is -0.452 e. The zero-order valence-electron chi connectivity index (χ0n) is 35.8. The zero-order valence-corrected chi connectivity index (χ0v) is 37.5. The smallest absolute Gasteiger partial charge is 0.245 e. The second-order valence-electron chi connectivity index (χ2n) is 20.3. The van der Waals surface area contributed by atoms with Crippen molar-refractivity contribution in [2.45, 2.75) is 199 Å². The molecule has 1 heterocycles. The van der Waals surface area contributed by atoms with Crippen molar-refractivity contribution < 1.29 is 9.47 Å². The van der Waals surface area contributed by atoms with Crippen LogP contribution in [-0.4, -0.2) is 28.0 Å². The molecule has 0 aromatic heterocycles. The maximum Gasteiger partial charge on any atom is 0.245 e. The summed E-state index contributed by atoms with van der Waals surface area (Å²) < 4.78 is 14.8. The molecule has 1 fully saturated rings. The van der Waals surface area contributed by atoms with Crippen LogP contribution in [0.2, 0.25) is 0 Å². The standard InChI is InChI=1S/C47H76O2S2/c1-31(2)45(11,12)37-27-35(43(5,6)7)25-33-29-50(17)39-23-21-19-20-22-24-40(39)51(18)30-34-26-36(44(8,9)10)28-38(46(13,14)32(3)4)42(34)49-47(15,16)48-41(33)37/h25-28,31-32,39-40H,17-24,29-30H2,1-16H3. The first-order valence-corrected chi connectivity index (χ1v) is 23.2. The van der Waals surface area contributed by atoms with Gasteiger partial charge in [-0.25, -0.2) is 0 Å². The van der Waals surface area contributed by atoms with E-state index < -0.39 is 5.79 Å². The topological polar surface area (TPSA) is 18.5 Å². The van der Waals surface area contributed by atoms with E-state index in [1.165, 1.54) is 71.9 Å². The second-order valence-corrected chi connectivity index (χ2v) is 24.3. The molecule has 288 valence electrons. The minimum atomic E-state index is -0.922. The molecule has 4 atom stereocenters. The molecule has 0 amide bonds. The largest absolute Gasteiger partial charge is 0.452 e. The lowest BCUT2D eigenvalue weighted by Crippen LogP contribution is -2.39. The number of benzene rings is 2. The van der Waals surface area contributed by atoms with Gasteiger partial charge in [-0.3, -0.25) is 0 Å². The average Bonchev–Trinajstić information content (AvgIpc) is 2.96. The second kappa shape index (κ2) is 15.3. The van der Waals surface area contributed by atoms with Crippen molar-refractivity contribution in [1.29, 1.82) is 0 Å². The van der Waals surface area contributed by atoms with Gasteiger partial charge in [0.05, 0.1) is 0 Å². The van der Waals surface area contributed by atoms with Crippen LogP contribution < -0.4 is 9.47 Å².